The zero-order valence-electron chi connectivity index (χ0n) is 15.8. The summed E-state index contributed by atoms with van der Waals surface area (Å²) in [5.41, 5.74) is 1.15. The summed E-state index contributed by atoms with van der Waals surface area (Å²) in [7, 11) is -3.81. The highest BCUT2D eigenvalue weighted by Crippen LogP contribution is 2.20. The fourth-order valence-corrected chi connectivity index (χ4v) is 3.72. The summed E-state index contributed by atoms with van der Waals surface area (Å²) >= 11 is 5.80. The van der Waals surface area contributed by atoms with Gasteiger partial charge < -0.3 is 10.1 Å². The Balaban J connectivity index is 1.70. The van der Waals surface area contributed by atoms with E-state index in [0.717, 1.165) is 0 Å². The van der Waals surface area contributed by atoms with Gasteiger partial charge in [-0.3, -0.25) is 9.52 Å². The molecule has 0 saturated carbocycles. The fraction of sp³-hybridized carbons (Fsp3) is 0.0455. The van der Waals surface area contributed by atoms with Crippen molar-refractivity contribution in [3.63, 3.8) is 0 Å². The van der Waals surface area contributed by atoms with Gasteiger partial charge >= 0.3 is 0 Å². The summed E-state index contributed by atoms with van der Waals surface area (Å²) in [5.74, 6) is 0.286. The van der Waals surface area contributed by atoms with Gasteiger partial charge in [0.05, 0.1) is 4.90 Å². The van der Waals surface area contributed by atoms with Gasteiger partial charge in [-0.15, -0.1) is 0 Å². The largest absolute Gasteiger partial charge is 0.490 e. The van der Waals surface area contributed by atoms with Crippen molar-refractivity contribution >= 4 is 38.9 Å². The Morgan fingerprint density at radius 3 is 2.37 bits per heavy atom. The molecule has 3 aromatic rings. The lowest BCUT2D eigenvalue weighted by molar-refractivity contribution is 0.102. The highest BCUT2D eigenvalue weighted by atomic mass is 35.5. The van der Waals surface area contributed by atoms with Crippen LogP contribution in [0.25, 0.3) is 0 Å². The molecule has 0 spiro atoms. The van der Waals surface area contributed by atoms with Crippen LogP contribution in [-0.4, -0.2) is 20.9 Å². The standard InChI is InChI=1S/C22H19ClN2O4S/c1-2-14-29-20-10-8-18(9-11-20)24-22(26)16-4-3-5-19(15-16)25-30(27,28)21-12-6-17(23)7-13-21/h2-13,15,25H,1,14H2,(H,24,26). The minimum absolute atomic E-state index is 0.0699. The molecule has 1 amide bonds. The molecular formula is C22H19ClN2O4S. The molecule has 0 aromatic heterocycles. The van der Waals surface area contributed by atoms with E-state index in [-0.39, 0.29) is 16.5 Å². The molecule has 0 aliphatic carbocycles. The summed E-state index contributed by atoms with van der Waals surface area (Å²) in [5, 5.41) is 3.20. The Bertz CT molecular complexity index is 1140. The van der Waals surface area contributed by atoms with Crippen LogP contribution in [0.1, 0.15) is 10.4 Å². The number of carbonyl (C=O) groups excluding carboxylic acids is 1. The van der Waals surface area contributed by atoms with Crippen LogP contribution in [0, 0.1) is 0 Å². The van der Waals surface area contributed by atoms with E-state index in [0.29, 0.717) is 28.6 Å². The Morgan fingerprint density at radius 1 is 1.00 bits per heavy atom. The van der Waals surface area contributed by atoms with E-state index in [9.17, 15) is 13.2 Å². The highest BCUT2D eigenvalue weighted by molar-refractivity contribution is 7.92. The number of hydrogen-bond donors (Lipinski definition) is 2. The van der Waals surface area contributed by atoms with E-state index in [2.05, 4.69) is 16.6 Å². The number of anilines is 2. The van der Waals surface area contributed by atoms with Gasteiger partial charge in [-0.1, -0.05) is 30.3 Å². The lowest BCUT2D eigenvalue weighted by Gasteiger charge is -2.10. The number of amides is 1. The highest BCUT2D eigenvalue weighted by Gasteiger charge is 2.15. The molecule has 8 heteroatoms. The van der Waals surface area contributed by atoms with Gasteiger partial charge in [0.1, 0.15) is 12.4 Å². The normalized spacial score (nSPS) is 10.8. The van der Waals surface area contributed by atoms with Gasteiger partial charge in [0, 0.05) is 22.0 Å². The number of hydrogen-bond acceptors (Lipinski definition) is 4. The maximum atomic E-state index is 12.5. The predicted octanol–water partition coefficient (Wildman–Crippen LogP) is 4.96. The second-order valence-electron chi connectivity index (χ2n) is 6.22. The van der Waals surface area contributed by atoms with Crippen molar-refractivity contribution in [2.75, 3.05) is 16.6 Å². The molecular weight excluding hydrogens is 424 g/mol. The first-order chi connectivity index (χ1) is 14.4. The van der Waals surface area contributed by atoms with E-state index in [1.54, 1.807) is 48.5 Å². The minimum Gasteiger partial charge on any atom is -0.490 e. The van der Waals surface area contributed by atoms with Crippen LogP contribution in [0.5, 0.6) is 5.75 Å². The maximum Gasteiger partial charge on any atom is 0.261 e. The molecule has 30 heavy (non-hydrogen) atoms. The van der Waals surface area contributed by atoms with E-state index in [4.69, 9.17) is 16.3 Å². The SMILES string of the molecule is C=CCOc1ccc(NC(=O)c2cccc(NS(=O)(=O)c3ccc(Cl)cc3)c2)cc1. The number of benzene rings is 3. The van der Waals surface area contributed by atoms with Crippen molar-refractivity contribution in [2.45, 2.75) is 4.90 Å². The third-order valence-electron chi connectivity index (χ3n) is 3.98. The molecule has 0 fully saturated rings. The van der Waals surface area contributed by atoms with Gasteiger partial charge in [-0.2, -0.15) is 0 Å². The van der Waals surface area contributed by atoms with Crippen molar-refractivity contribution < 1.29 is 17.9 Å². The smallest absolute Gasteiger partial charge is 0.261 e. The molecule has 0 aliphatic rings. The van der Waals surface area contributed by atoms with Crippen LogP contribution in [0.15, 0.2) is 90.3 Å². The number of carbonyl (C=O) groups is 1. The van der Waals surface area contributed by atoms with Crippen molar-refractivity contribution in [3.8, 4) is 5.75 Å². The lowest BCUT2D eigenvalue weighted by atomic mass is 10.2. The molecule has 0 heterocycles. The zero-order chi connectivity index (χ0) is 21.6. The van der Waals surface area contributed by atoms with E-state index < -0.39 is 10.0 Å². The lowest BCUT2D eigenvalue weighted by Crippen LogP contribution is -2.15. The van der Waals surface area contributed by atoms with Crippen molar-refractivity contribution in [3.05, 3.63) is 96.0 Å². The summed E-state index contributed by atoms with van der Waals surface area (Å²) < 4.78 is 32.9. The van der Waals surface area contributed by atoms with Crippen LogP contribution in [0.2, 0.25) is 5.02 Å². The Hall–Kier alpha value is -3.29. The third-order valence-corrected chi connectivity index (χ3v) is 5.63. The van der Waals surface area contributed by atoms with Crippen LogP contribution in [-0.2, 0) is 10.0 Å². The minimum atomic E-state index is -3.81. The number of nitrogens with one attached hydrogen (secondary N) is 2. The fourth-order valence-electron chi connectivity index (χ4n) is 2.54. The molecule has 2 N–H and O–H groups in total. The maximum absolute atomic E-state index is 12.5. The molecule has 3 aromatic carbocycles. The second kappa shape index (κ2) is 9.47. The van der Waals surface area contributed by atoms with Gasteiger partial charge in [0.2, 0.25) is 0 Å². The van der Waals surface area contributed by atoms with E-state index >= 15 is 0 Å². The first kappa shape index (κ1) is 21.4. The average Bonchev–Trinajstić information content (AvgIpc) is 2.73. The molecule has 0 radical (unpaired) electrons. The van der Waals surface area contributed by atoms with Crippen molar-refractivity contribution in [1.29, 1.82) is 0 Å². The summed E-state index contributed by atoms with van der Waals surface area (Å²) in [6, 6.07) is 18.9. The topological polar surface area (TPSA) is 84.5 Å². The van der Waals surface area contributed by atoms with Gasteiger partial charge in [-0.05, 0) is 66.7 Å². The zero-order valence-corrected chi connectivity index (χ0v) is 17.4. The molecule has 0 aliphatic heterocycles. The van der Waals surface area contributed by atoms with E-state index in [1.807, 2.05) is 0 Å². The average molecular weight is 443 g/mol. The van der Waals surface area contributed by atoms with Crippen LogP contribution in [0.4, 0.5) is 11.4 Å². The molecule has 0 unspecified atom stereocenters. The Kier molecular flexibility index (Phi) is 6.76. The third kappa shape index (κ3) is 5.62. The number of halogens is 1. The van der Waals surface area contributed by atoms with E-state index in [1.165, 1.54) is 30.3 Å². The number of sulfonamides is 1. The van der Waals surface area contributed by atoms with Crippen LogP contribution in [0.3, 0.4) is 0 Å². The number of ether oxygens (including phenoxy) is 1. The van der Waals surface area contributed by atoms with Crippen molar-refractivity contribution in [1.82, 2.24) is 0 Å². The first-order valence-corrected chi connectivity index (χ1v) is 10.8. The van der Waals surface area contributed by atoms with Crippen LogP contribution >= 0.6 is 11.6 Å². The summed E-state index contributed by atoms with van der Waals surface area (Å²) in [6.45, 7) is 3.98. The Labute approximate surface area is 180 Å². The second-order valence-corrected chi connectivity index (χ2v) is 8.34. The summed E-state index contributed by atoms with van der Waals surface area (Å²) in [4.78, 5) is 12.6. The van der Waals surface area contributed by atoms with Gasteiger partial charge in [-0.25, -0.2) is 8.42 Å². The van der Waals surface area contributed by atoms with Crippen LogP contribution < -0.4 is 14.8 Å². The number of rotatable bonds is 8. The molecule has 6 nitrogen and oxygen atoms in total. The van der Waals surface area contributed by atoms with Gasteiger partial charge in [0.25, 0.3) is 15.9 Å². The molecule has 0 atom stereocenters. The molecule has 154 valence electrons. The van der Waals surface area contributed by atoms with Crippen molar-refractivity contribution in [2.24, 2.45) is 0 Å². The Morgan fingerprint density at radius 2 is 1.70 bits per heavy atom. The predicted molar refractivity (Wildman–Crippen MR) is 119 cm³/mol. The van der Waals surface area contributed by atoms with Gasteiger partial charge in [0.15, 0.2) is 0 Å². The molecule has 0 saturated heterocycles. The quantitative estimate of drug-likeness (QED) is 0.483. The monoisotopic (exact) mass is 442 g/mol. The molecule has 0 bridgehead atoms. The summed E-state index contributed by atoms with van der Waals surface area (Å²) in [6.07, 6.45) is 1.64. The first-order valence-electron chi connectivity index (χ1n) is 8.91. The molecule has 3 rings (SSSR count).